The number of hydrogen-bond acceptors (Lipinski definition) is 6. The van der Waals surface area contributed by atoms with Crippen LogP contribution in [-0.2, 0) is 22.7 Å². The second-order valence-corrected chi connectivity index (χ2v) is 6.49. The van der Waals surface area contributed by atoms with Crippen molar-refractivity contribution >= 4 is 5.91 Å². The molecule has 0 spiro atoms. The van der Waals surface area contributed by atoms with E-state index in [0.29, 0.717) is 19.0 Å². The van der Waals surface area contributed by atoms with Gasteiger partial charge >= 0.3 is 0 Å². The van der Waals surface area contributed by atoms with E-state index in [-0.39, 0.29) is 5.91 Å². The van der Waals surface area contributed by atoms with Crippen LogP contribution in [0.4, 0.5) is 0 Å². The highest BCUT2D eigenvalue weighted by molar-refractivity contribution is 5.85. The molecule has 0 radical (unpaired) electrons. The summed E-state index contributed by atoms with van der Waals surface area (Å²) in [4.78, 5) is 12.3. The van der Waals surface area contributed by atoms with E-state index in [4.69, 9.17) is 10.5 Å². The highest BCUT2D eigenvalue weighted by Crippen LogP contribution is 2.16. The first-order chi connectivity index (χ1) is 11.9. The lowest BCUT2D eigenvalue weighted by molar-refractivity contribution is -0.130. The van der Waals surface area contributed by atoms with Gasteiger partial charge in [0.1, 0.15) is 0 Å². The lowest BCUT2D eigenvalue weighted by Gasteiger charge is -2.24. The molecule has 1 aromatic carbocycles. The van der Waals surface area contributed by atoms with E-state index in [1.165, 1.54) is 0 Å². The monoisotopic (exact) mass is 346 g/mol. The van der Waals surface area contributed by atoms with E-state index in [1.54, 1.807) is 18.5 Å². The van der Waals surface area contributed by atoms with E-state index < -0.39 is 11.8 Å². The SMILES string of the molecule is CCCCn1nnnc1C(NC(=O)C(C)(C)N)OCc1ccccc1. The average Bonchev–Trinajstić information content (AvgIpc) is 3.05. The van der Waals surface area contributed by atoms with Gasteiger partial charge in [0.2, 0.25) is 11.7 Å². The molecule has 0 bridgehead atoms. The van der Waals surface area contributed by atoms with E-state index in [1.807, 2.05) is 30.3 Å². The number of aryl methyl sites for hydroxylation is 1. The number of nitrogens with two attached hydrogens (primary N) is 1. The molecule has 0 aliphatic carbocycles. The van der Waals surface area contributed by atoms with Crippen molar-refractivity contribution in [2.45, 2.75) is 58.5 Å². The topological polar surface area (TPSA) is 108 Å². The Morgan fingerprint density at radius 3 is 2.72 bits per heavy atom. The van der Waals surface area contributed by atoms with Crippen molar-refractivity contribution in [2.24, 2.45) is 5.73 Å². The maximum absolute atomic E-state index is 12.3. The third-order valence-corrected chi connectivity index (χ3v) is 3.62. The van der Waals surface area contributed by atoms with Gasteiger partial charge in [-0.3, -0.25) is 4.79 Å². The van der Waals surface area contributed by atoms with Gasteiger partial charge in [-0.2, -0.15) is 0 Å². The normalized spacial score (nSPS) is 12.8. The van der Waals surface area contributed by atoms with Crippen LogP contribution in [0, 0.1) is 0 Å². The predicted molar refractivity (Wildman–Crippen MR) is 93.1 cm³/mol. The van der Waals surface area contributed by atoms with Crippen molar-refractivity contribution in [3.63, 3.8) is 0 Å². The molecule has 1 atom stereocenters. The molecule has 0 saturated carbocycles. The second-order valence-electron chi connectivity index (χ2n) is 6.49. The number of benzene rings is 1. The summed E-state index contributed by atoms with van der Waals surface area (Å²) in [5, 5.41) is 14.5. The summed E-state index contributed by atoms with van der Waals surface area (Å²) in [7, 11) is 0. The molecule has 1 unspecified atom stereocenters. The Kier molecular flexibility index (Phi) is 6.60. The van der Waals surface area contributed by atoms with Gasteiger partial charge in [0.05, 0.1) is 12.1 Å². The fraction of sp³-hybridized carbons (Fsp3) is 0.529. The quantitative estimate of drug-likeness (QED) is 0.667. The molecule has 136 valence electrons. The zero-order chi connectivity index (χ0) is 18.3. The van der Waals surface area contributed by atoms with E-state index in [2.05, 4.69) is 27.8 Å². The Labute approximate surface area is 147 Å². The number of unbranched alkanes of at least 4 members (excludes halogenated alkanes) is 1. The number of carbonyl (C=O) groups excluding carboxylic acids is 1. The molecule has 8 nitrogen and oxygen atoms in total. The smallest absolute Gasteiger partial charge is 0.241 e. The van der Waals surface area contributed by atoms with E-state index in [0.717, 1.165) is 18.4 Å². The van der Waals surface area contributed by atoms with Crippen LogP contribution >= 0.6 is 0 Å². The third-order valence-electron chi connectivity index (χ3n) is 3.62. The molecule has 8 heteroatoms. The summed E-state index contributed by atoms with van der Waals surface area (Å²) in [5.41, 5.74) is 5.84. The molecule has 1 amide bonds. The van der Waals surface area contributed by atoms with Gasteiger partial charge in [0, 0.05) is 6.54 Å². The van der Waals surface area contributed by atoms with Crippen molar-refractivity contribution in [3.8, 4) is 0 Å². The molecule has 0 saturated heterocycles. The first-order valence-electron chi connectivity index (χ1n) is 8.43. The molecular formula is C17H26N6O2. The number of aromatic nitrogens is 4. The summed E-state index contributed by atoms with van der Waals surface area (Å²) in [6.07, 6.45) is 1.17. The summed E-state index contributed by atoms with van der Waals surface area (Å²) in [5.74, 6) is 0.123. The number of nitrogens with zero attached hydrogens (tertiary/aromatic N) is 4. The van der Waals surface area contributed by atoms with Crippen LogP contribution in [-0.4, -0.2) is 31.7 Å². The minimum atomic E-state index is -1.03. The Balaban J connectivity index is 2.16. The van der Waals surface area contributed by atoms with Crippen molar-refractivity contribution in [1.29, 1.82) is 0 Å². The number of amides is 1. The number of tetrazole rings is 1. The van der Waals surface area contributed by atoms with Gasteiger partial charge in [0.25, 0.3) is 0 Å². The average molecular weight is 346 g/mol. The molecular weight excluding hydrogens is 320 g/mol. The van der Waals surface area contributed by atoms with Crippen molar-refractivity contribution in [1.82, 2.24) is 25.5 Å². The van der Waals surface area contributed by atoms with Gasteiger partial charge in [-0.25, -0.2) is 4.68 Å². The fourth-order valence-corrected chi connectivity index (χ4v) is 2.11. The van der Waals surface area contributed by atoms with Crippen LogP contribution in [0.5, 0.6) is 0 Å². The zero-order valence-corrected chi connectivity index (χ0v) is 15.0. The molecule has 0 aliphatic rings. The lowest BCUT2D eigenvalue weighted by Crippen LogP contribution is -2.50. The van der Waals surface area contributed by atoms with Crippen molar-refractivity contribution in [2.75, 3.05) is 0 Å². The Morgan fingerprint density at radius 1 is 1.36 bits per heavy atom. The molecule has 0 aliphatic heterocycles. The highest BCUT2D eigenvalue weighted by Gasteiger charge is 2.28. The van der Waals surface area contributed by atoms with Crippen LogP contribution in [0.3, 0.4) is 0 Å². The Bertz CT molecular complexity index is 665. The van der Waals surface area contributed by atoms with E-state index >= 15 is 0 Å². The van der Waals surface area contributed by atoms with Crippen molar-refractivity contribution in [3.05, 3.63) is 41.7 Å². The molecule has 2 rings (SSSR count). The van der Waals surface area contributed by atoms with Crippen LogP contribution < -0.4 is 11.1 Å². The summed E-state index contributed by atoms with van der Waals surface area (Å²) in [6.45, 7) is 6.34. The predicted octanol–water partition coefficient (Wildman–Crippen LogP) is 1.54. The molecule has 25 heavy (non-hydrogen) atoms. The first kappa shape index (κ1) is 19.0. The molecule has 1 aromatic heterocycles. The summed E-state index contributed by atoms with van der Waals surface area (Å²) in [6, 6.07) is 9.70. The maximum Gasteiger partial charge on any atom is 0.241 e. The minimum absolute atomic E-state index is 0.317. The maximum atomic E-state index is 12.3. The second kappa shape index (κ2) is 8.68. The Morgan fingerprint density at radius 2 is 2.08 bits per heavy atom. The van der Waals surface area contributed by atoms with Gasteiger partial charge in [-0.05, 0) is 36.3 Å². The van der Waals surface area contributed by atoms with Crippen LogP contribution in [0.2, 0.25) is 0 Å². The molecule has 2 aromatic rings. The highest BCUT2D eigenvalue weighted by atomic mass is 16.5. The zero-order valence-electron chi connectivity index (χ0n) is 15.0. The van der Waals surface area contributed by atoms with Crippen LogP contribution in [0.15, 0.2) is 30.3 Å². The van der Waals surface area contributed by atoms with Crippen molar-refractivity contribution < 1.29 is 9.53 Å². The largest absolute Gasteiger partial charge is 0.346 e. The summed E-state index contributed by atoms with van der Waals surface area (Å²) >= 11 is 0. The molecule has 3 N–H and O–H groups in total. The van der Waals surface area contributed by atoms with Gasteiger partial charge in [-0.1, -0.05) is 43.7 Å². The number of rotatable bonds is 9. The minimum Gasteiger partial charge on any atom is -0.346 e. The van der Waals surface area contributed by atoms with Crippen LogP contribution in [0.25, 0.3) is 0 Å². The number of nitrogens with one attached hydrogen (secondary N) is 1. The van der Waals surface area contributed by atoms with E-state index in [9.17, 15) is 4.79 Å². The van der Waals surface area contributed by atoms with Crippen LogP contribution in [0.1, 0.15) is 51.2 Å². The number of carbonyl (C=O) groups is 1. The third kappa shape index (κ3) is 5.61. The van der Waals surface area contributed by atoms with Gasteiger partial charge in [0.15, 0.2) is 6.23 Å². The number of hydrogen-bond donors (Lipinski definition) is 2. The van der Waals surface area contributed by atoms with Gasteiger partial charge < -0.3 is 15.8 Å². The molecule has 0 fully saturated rings. The Hall–Kier alpha value is -2.32. The summed E-state index contributed by atoms with van der Waals surface area (Å²) < 4.78 is 7.56. The first-order valence-corrected chi connectivity index (χ1v) is 8.43. The lowest BCUT2D eigenvalue weighted by atomic mass is 10.1. The standard InChI is InChI=1S/C17H26N6O2/c1-4-5-11-23-14(20-21-22-23)15(19-16(24)17(2,3)18)25-12-13-9-7-6-8-10-13/h6-10,15H,4-5,11-12,18H2,1-3H3,(H,19,24). The molecule has 1 heterocycles. The van der Waals surface area contributed by atoms with Gasteiger partial charge in [-0.15, -0.1) is 5.10 Å². The number of ether oxygens (including phenoxy) is 1. The fourth-order valence-electron chi connectivity index (χ4n) is 2.11.